The van der Waals surface area contributed by atoms with Gasteiger partial charge in [0.25, 0.3) is 15.2 Å². The highest BCUT2D eigenvalue weighted by molar-refractivity contribution is 7.89. The van der Waals surface area contributed by atoms with Crippen LogP contribution in [0.5, 0.6) is 0 Å². The van der Waals surface area contributed by atoms with E-state index < -0.39 is 25.4 Å². The fourth-order valence-corrected chi connectivity index (χ4v) is 5.04. The van der Waals surface area contributed by atoms with E-state index in [0.717, 1.165) is 21.8 Å². The van der Waals surface area contributed by atoms with Crippen molar-refractivity contribution in [1.82, 2.24) is 22.8 Å². The van der Waals surface area contributed by atoms with E-state index in [4.69, 9.17) is 5.41 Å². The van der Waals surface area contributed by atoms with Crippen molar-refractivity contribution in [3.8, 4) is 0 Å². The monoisotopic (exact) mass is 440 g/mol. The summed E-state index contributed by atoms with van der Waals surface area (Å²) in [5, 5.41) is 11.6. The van der Waals surface area contributed by atoms with Gasteiger partial charge in [-0.1, -0.05) is 18.2 Å². The molecule has 2 aromatic rings. The summed E-state index contributed by atoms with van der Waals surface area (Å²) in [7, 11) is -5.51. The molecule has 1 aromatic carbocycles. The number of nitrogens with zero attached hydrogens (tertiary/aromatic N) is 5. The van der Waals surface area contributed by atoms with Crippen molar-refractivity contribution in [1.29, 1.82) is 5.41 Å². The van der Waals surface area contributed by atoms with Crippen LogP contribution >= 0.6 is 0 Å². The molecule has 0 aliphatic heterocycles. The van der Waals surface area contributed by atoms with E-state index in [1.54, 1.807) is 6.07 Å². The number of hydrogen-bond acceptors (Lipinski definition) is 7. The van der Waals surface area contributed by atoms with Crippen LogP contribution in [0.25, 0.3) is 0 Å². The summed E-state index contributed by atoms with van der Waals surface area (Å²) >= 11 is 0. The molecule has 3 rings (SSSR count). The maximum atomic E-state index is 13.1. The Morgan fingerprint density at radius 1 is 1.21 bits per heavy atom. The van der Waals surface area contributed by atoms with Crippen molar-refractivity contribution >= 4 is 25.9 Å². The fourth-order valence-electron chi connectivity index (χ4n) is 2.83. The average molecular weight is 441 g/mol. The van der Waals surface area contributed by atoms with Crippen LogP contribution in [0, 0.1) is 19.3 Å². The van der Waals surface area contributed by atoms with E-state index in [1.807, 2.05) is 26.0 Å². The van der Waals surface area contributed by atoms with Crippen molar-refractivity contribution in [2.75, 3.05) is 20.6 Å². The van der Waals surface area contributed by atoms with E-state index in [9.17, 15) is 16.8 Å². The lowest BCUT2D eigenvalue weighted by Crippen LogP contribution is -2.38. The molecule has 1 fully saturated rings. The average Bonchev–Trinajstić information content (AvgIpc) is 3.34. The number of aromatic nitrogens is 3. The van der Waals surface area contributed by atoms with Gasteiger partial charge in [-0.15, -0.1) is 9.19 Å². The number of benzene rings is 1. The molecule has 1 aliphatic rings. The lowest BCUT2D eigenvalue weighted by Gasteiger charge is -2.21. The molecule has 0 saturated heterocycles. The number of hydrogen-bond donors (Lipinski definition) is 1. The summed E-state index contributed by atoms with van der Waals surface area (Å²) in [5.41, 5.74) is 2.79. The third kappa shape index (κ3) is 4.10. The highest BCUT2D eigenvalue weighted by atomic mass is 32.2. The lowest BCUT2D eigenvalue weighted by atomic mass is 10.00. The Hall–Kier alpha value is -2.15. The van der Waals surface area contributed by atoms with Crippen molar-refractivity contribution in [3.05, 3.63) is 41.2 Å². The molecule has 1 heterocycles. The second-order valence-electron chi connectivity index (χ2n) is 7.20. The third-order valence-electron chi connectivity index (χ3n) is 4.89. The molecule has 0 amide bonds. The molecule has 10 nitrogen and oxygen atoms in total. The van der Waals surface area contributed by atoms with Gasteiger partial charge in [0.2, 0.25) is 0 Å². The van der Waals surface area contributed by atoms with Crippen LogP contribution in [0.3, 0.4) is 0 Å². The van der Waals surface area contributed by atoms with Crippen molar-refractivity contribution in [2.24, 2.45) is 0 Å². The van der Waals surface area contributed by atoms with E-state index in [2.05, 4.69) is 10.1 Å². The first-order chi connectivity index (χ1) is 13.5. The van der Waals surface area contributed by atoms with Gasteiger partial charge < -0.3 is 5.41 Å². The fraction of sp³-hybridized carbons (Fsp3) is 0.471. The number of rotatable bonds is 8. The molecule has 29 heavy (non-hydrogen) atoms. The Balaban J connectivity index is 1.92. The van der Waals surface area contributed by atoms with Crippen molar-refractivity contribution in [2.45, 2.75) is 37.9 Å². The number of sulfonamides is 1. The Morgan fingerprint density at radius 3 is 2.45 bits per heavy atom. The normalized spacial score (nSPS) is 15.2. The second-order valence-corrected chi connectivity index (χ2v) is 11.0. The highest BCUT2D eigenvalue weighted by Gasteiger charge is 2.41. The summed E-state index contributed by atoms with van der Waals surface area (Å²) in [6, 6.07) is 5.31. The van der Waals surface area contributed by atoms with Crippen LogP contribution < -0.4 is 0 Å². The van der Waals surface area contributed by atoms with E-state index in [1.165, 1.54) is 18.4 Å². The van der Waals surface area contributed by atoms with Crippen LogP contribution in [0.15, 0.2) is 29.7 Å². The molecule has 0 atom stereocenters. The minimum atomic E-state index is -4.16. The first kappa shape index (κ1) is 21.6. The topological polar surface area (TPSA) is 129 Å². The highest BCUT2D eigenvalue weighted by Crippen LogP contribution is 2.31. The molecule has 158 valence electrons. The molecule has 0 unspecified atom stereocenters. The van der Waals surface area contributed by atoms with Crippen LogP contribution in [0.1, 0.15) is 29.5 Å². The Kier molecular flexibility index (Phi) is 5.64. The zero-order chi connectivity index (χ0) is 21.6. The Labute approximate surface area is 170 Å². The summed E-state index contributed by atoms with van der Waals surface area (Å²) in [5.74, 6) is 0. The van der Waals surface area contributed by atoms with Crippen LogP contribution in [0.4, 0.5) is 0 Å². The van der Waals surface area contributed by atoms with Gasteiger partial charge >= 0.3 is 10.2 Å². The minimum absolute atomic E-state index is 0.133. The Bertz CT molecular complexity index is 1150. The molecule has 12 heteroatoms. The Morgan fingerprint density at radius 2 is 1.86 bits per heavy atom. The summed E-state index contributed by atoms with van der Waals surface area (Å²) in [6.07, 6.45) is 2.22. The van der Waals surface area contributed by atoms with Gasteiger partial charge in [0.15, 0.2) is 0 Å². The van der Waals surface area contributed by atoms with Gasteiger partial charge in [-0.3, -0.25) is 0 Å². The van der Waals surface area contributed by atoms with Gasteiger partial charge in [0, 0.05) is 20.1 Å². The standard InChI is InChI=1S/C17H24N6O4S2/c1-12-6-5-7-15(13(12)2)16(18)10-22(14-8-9-14)28(24,25)17-19-11-23(20-17)29(26,27)21(3)4/h5-7,11,14,18H,8-10H2,1-4H3. The SMILES string of the molecule is Cc1cccc(C(=N)CN(C2CC2)S(=O)(=O)c2ncn(S(=O)(=O)N(C)C)n2)c1C. The molecular weight excluding hydrogens is 416 g/mol. The van der Waals surface area contributed by atoms with Gasteiger partial charge in [-0.25, -0.2) is 13.4 Å². The second kappa shape index (κ2) is 7.59. The quantitative estimate of drug-likeness (QED) is 0.604. The molecular formula is C17H24N6O4S2. The largest absolute Gasteiger partial charge is 0.323 e. The summed E-state index contributed by atoms with van der Waals surface area (Å²) in [4.78, 5) is 3.73. The van der Waals surface area contributed by atoms with E-state index >= 15 is 0 Å². The van der Waals surface area contributed by atoms with Gasteiger partial charge in [0.1, 0.15) is 6.33 Å². The van der Waals surface area contributed by atoms with Crippen molar-refractivity contribution in [3.63, 3.8) is 0 Å². The molecule has 1 aromatic heterocycles. The maximum Gasteiger partial charge on any atom is 0.323 e. The molecule has 1 saturated carbocycles. The number of nitrogens with one attached hydrogen (secondary N) is 1. The summed E-state index contributed by atoms with van der Waals surface area (Å²) < 4.78 is 53.2. The predicted molar refractivity (Wildman–Crippen MR) is 108 cm³/mol. The van der Waals surface area contributed by atoms with Crippen LogP contribution in [-0.2, 0) is 20.2 Å². The molecule has 0 radical (unpaired) electrons. The zero-order valence-electron chi connectivity index (χ0n) is 16.7. The first-order valence-corrected chi connectivity index (χ1v) is 11.8. The minimum Gasteiger partial charge on any atom is -0.303 e. The van der Waals surface area contributed by atoms with Gasteiger partial charge in [-0.05, 0) is 43.4 Å². The van der Waals surface area contributed by atoms with Crippen LogP contribution in [0.2, 0.25) is 0 Å². The third-order valence-corrected chi connectivity index (χ3v) is 8.15. The van der Waals surface area contributed by atoms with Crippen molar-refractivity contribution < 1.29 is 16.8 Å². The van der Waals surface area contributed by atoms with E-state index in [-0.39, 0.29) is 18.3 Å². The maximum absolute atomic E-state index is 13.1. The molecule has 0 spiro atoms. The summed E-state index contributed by atoms with van der Waals surface area (Å²) in [6.45, 7) is 3.69. The van der Waals surface area contributed by atoms with Gasteiger partial charge in [0.05, 0.1) is 12.3 Å². The van der Waals surface area contributed by atoms with Gasteiger partial charge in [-0.2, -0.15) is 17.0 Å². The number of aryl methyl sites for hydroxylation is 1. The lowest BCUT2D eigenvalue weighted by molar-refractivity contribution is 0.437. The van der Waals surface area contributed by atoms with Crippen LogP contribution in [-0.4, -0.2) is 72.0 Å². The van der Waals surface area contributed by atoms with E-state index in [0.29, 0.717) is 22.5 Å². The first-order valence-electron chi connectivity index (χ1n) is 8.97. The predicted octanol–water partition coefficient (Wildman–Crippen LogP) is 0.771. The zero-order valence-corrected chi connectivity index (χ0v) is 18.3. The molecule has 1 N–H and O–H groups in total. The molecule has 0 bridgehead atoms. The smallest absolute Gasteiger partial charge is 0.303 e. The molecule has 1 aliphatic carbocycles.